The van der Waals surface area contributed by atoms with Gasteiger partial charge >= 0.3 is 0 Å². The summed E-state index contributed by atoms with van der Waals surface area (Å²) in [4.78, 5) is 24.6. The highest BCUT2D eigenvalue weighted by Gasteiger charge is 2.12. The molecule has 2 heterocycles. The van der Waals surface area contributed by atoms with Crippen LogP contribution in [0, 0.1) is 0 Å². The van der Waals surface area contributed by atoms with Gasteiger partial charge in [-0.2, -0.15) is 0 Å². The molecule has 0 aliphatic carbocycles. The maximum Gasteiger partial charge on any atom is 0.163 e. The molecular formula is C23H21N5O2. The predicted molar refractivity (Wildman–Crippen MR) is 118 cm³/mol. The Morgan fingerprint density at radius 3 is 2.73 bits per heavy atom. The highest BCUT2D eigenvalue weighted by atomic mass is 16.5. The number of carbonyl (C=O) groups is 1. The number of fused-ring (bicyclic) bond motifs is 1. The lowest BCUT2D eigenvalue weighted by Gasteiger charge is -2.14. The molecule has 2 aromatic carbocycles. The molecule has 7 nitrogen and oxygen atoms in total. The van der Waals surface area contributed by atoms with Crippen molar-refractivity contribution >= 4 is 34.4 Å². The van der Waals surface area contributed by atoms with Crippen LogP contribution >= 0.6 is 0 Å². The molecule has 0 saturated carbocycles. The number of carbonyl (C=O) groups excluding carboxylic acids is 1. The fourth-order valence-electron chi connectivity index (χ4n) is 3.25. The SMILES string of the molecule is CNc1cc(Nc2nc(-c3cccnc3)nc3ccc(OC)cc23)ccc1CC=O. The molecule has 0 aliphatic rings. The molecule has 0 spiro atoms. The third-order valence-corrected chi connectivity index (χ3v) is 4.77. The number of aromatic nitrogens is 3. The molecule has 0 atom stereocenters. The minimum atomic E-state index is 0.356. The van der Waals surface area contributed by atoms with Crippen molar-refractivity contribution in [1.82, 2.24) is 15.0 Å². The van der Waals surface area contributed by atoms with E-state index < -0.39 is 0 Å². The van der Waals surface area contributed by atoms with E-state index in [0.29, 0.717) is 18.1 Å². The Morgan fingerprint density at radius 1 is 1.10 bits per heavy atom. The van der Waals surface area contributed by atoms with Crippen LogP contribution in [0.25, 0.3) is 22.3 Å². The zero-order valence-electron chi connectivity index (χ0n) is 16.7. The van der Waals surface area contributed by atoms with Gasteiger partial charge < -0.3 is 20.2 Å². The van der Waals surface area contributed by atoms with Crippen molar-refractivity contribution in [3.05, 3.63) is 66.5 Å². The number of hydrogen-bond acceptors (Lipinski definition) is 7. The first-order valence-electron chi connectivity index (χ1n) is 9.49. The molecule has 2 aromatic heterocycles. The molecule has 0 fully saturated rings. The molecule has 0 amide bonds. The smallest absolute Gasteiger partial charge is 0.163 e. The third-order valence-electron chi connectivity index (χ3n) is 4.77. The lowest BCUT2D eigenvalue weighted by Crippen LogP contribution is -2.02. The van der Waals surface area contributed by atoms with Gasteiger partial charge in [-0.1, -0.05) is 6.07 Å². The van der Waals surface area contributed by atoms with Gasteiger partial charge in [0.2, 0.25) is 0 Å². The number of nitrogens with one attached hydrogen (secondary N) is 2. The van der Waals surface area contributed by atoms with Crippen molar-refractivity contribution in [2.45, 2.75) is 6.42 Å². The Bertz CT molecular complexity index is 1200. The zero-order chi connectivity index (χ0) is 20.9. The van der Waals surface area contributed by atoms with Crippen LogP contribution in [0.3, 0.4) is 0 Å². The second-order valence-electron chi connectivity index (χ2n) is 6.64. The first kappa shape index (κ1) is 19.3. The standard InChI is InChI=1S/C23H21N5O2/c1-24-21-12-17(6-5-15(21)9-11-29)26-23-19-13-18(30-2)7-8-20(19)27-22(28-23)16-4-3-10-25-14-16/h3-8,10-14,24H,9H2,1-2H3,(H,26,27,28). The topological polar surface area (TPSA) is 89.0 Å². The van der Waals surface area contributed by atoms with E-state index in [1.807, 2.05) is 55.6 Å². The Kier molecular flexibility index (Phi) is 5.52. The minimum Gasteiger partial charge on any atom is -0.497 e. The van der Waals surface area contributed by atoms with Crippen LogP contribution in [0.15, 0.2) is 60.9 Å². The zero-order valence-corrected chi connectivity index (χ0v) is 16.7. The number of rotatable bonds is 7. The van der Waals surface area contributed by atoms with Gasteiger partial charge in [0.1, 0.15) is 17.9 Å². The predicted octanol–water partition coefficient (Wildman–Crippen LogP) is 4.23. The fourth-order valence-corrected chi connectivity index (χ4v) is 3.25. The molecule has 0 radical (unpaired) electrons. The highest BCUT2D eigenvalue weighted by molar-refractivity contribution is 5.93. The summed E-state index contributed by atoms with van der Waals surface area (Å²) < 4.78 is 5.39. The van der Waals surface area contributed by atoms with E-state index in [9.17, 15) is 4.79 Å². The van der Waals surface area contributed by atoms with Gasteiger partial charge in [0.15, 0.2) is 5.82 Å². The van der Waals surface area contributed by atoms with E-state index in [2.05, 4.69) is 15.6 Å². The third kappa shape index (κ3) is 3.91. The average molecular weight is 399 g/mol. The van der Waals surface area contributed by atoms with Crippen LogP contribution in [0.5, 0.6) is 5.75 Å². The van der Waals surface area contributed by atoms with Crippen LogP contribution in [0.4, 0.5) is 17.2 Å². The maximum absolute atomic E-state index is 10.9. The normalized spacial score (nSPS) is 10.6. The summed E-state index contributed by atoms with van der Waals surface area (Å²) in [7, 11) is 3.46. The second-order valence-corrected chi connectivity index (χ2v) is 6.64. The first-order chi connectivity index (χ1) is 14.7. The van der Waals surface area contributed by atoms with Gasteiger partial charge in [-0.3, -0.25) is 4.98 Å². The lowest BCUT2D eigenvalue weighted by molar-refractivity contribution is -0.107. The summed E-state index contributed by atoms with van der Waals surface area (Å²) in [5.41, 5.74) is 4.28. The Morgan fingerprint density at radius 2 is 2.00 bits per heavy atom. The molecule has 4 rings (SSSR count). The molecule has 0 saturated heterocycles. The van der Waals surface area contributed by atoms with Crippen LogP contribution in [-0.2, 0) is 11.2 Å². The van der Waals surface area contributed by atoms with Gasteiger partial charge in [0, 0.05) is 48.2 Å². The number of methoxy groups -OCH3 is 1. The van der Waals surface area contributed by atoms with E-state index in [1.54, 1.807) is 19.5 Å². The molecule has 0 aliphatic heterocycles. The molecule has 30 heavy (non-hydrogen) atoms. The Hall–Kier alpha value is -4.00. The van der Waals surface area contributed by atoms with Crippen molar-refractivity contribution < 1.29 is 9.53 Å². The summed E-state index contributed by atoms with van der Waals surface area (Å²) in [6.07, 6.45) is 4.71. The van der Waals surface area contributed by atoms with Gasteiger partial charge in [0.05, 0.1) is 12.6 Å². The number of nitrogens with zero attached hydrogens (tertiary/aromatic N) is 3. The summed E-state index contributed by atoms with van der Waals surface area (Å²) in [6.45, 7) is 0. The van der Waals surface area contributed by atoms with Crippen molar-refractivity contribution in [3.63, 3.8) is 0 Å². The number of ether oxygens (including phenoxy) is 1. The summed E-state index contributed by atoms with van der Waals surface area (Å²) >= 11 is 0. The maximum atomic E-state index is 10.9. The number of anilines is 3. The number of pyridine rings is 1. The number of benzene rings is 2. The van der Waals surface area contributed by atoms with Crippen LogP contribution in [-0.4, -0.2) is 35.4 Å². The fraction of sp³-hybridized carbons (Fsp3) is 0.130. The van der Waals surface area contributed by atoms with Crippen molar-refractivity contribution in [1.29, 1.82) is 0 Å². The van der Waals surface area contributed by atoms with E-state index in [4.69, 9.17) is 14.7 Å². The van der Waals surface area contributed by atoms with Crippen LogP contribution < -0.4 is 15.4 Å². The van der Waals surface area contributed by atoms with Crippen molar-refractivity contribution in [2.24, 2.45) is 0 Å². The quantitative estimate of drug-likeness (QED) is 0.450. The minimum absolute atomic E-state index is 0.356. The van der Waals surface area contributed by atoms with Crippen molar-refractivity contribution in [3.8, 4) is 17.1 Å². The lowest BCUT2D eigenvalue weighted by atomic mass is 10.1. The number of aldehydes is 1. The summed E-state index contributed by atoms with van der Waals surface area (Å²) in [5.74, 6) is 1.96. The van der Waals surface area contributed by atoms with E-state index in [-0.39, 0.29) is 0 Å². The Balaban J connectivity index is 1.82. The van der Waals surface area contributed by atoms with Gasteiger partial charge in [0.25, 0.3) is 0 Å². The largest absolute Gasteiger partial charge is 0.497 e. The molecule has 0 bridgehead atoms. The molecular weight excluding hydrogens is 378 g/mol. The molecule has 150 valence electrons. The van der Waals surface area contributed by atoms with Crippen molar-refractivity contribution in [2.75, 3.05) is 24.8 Å². The van der Waals surface area contributed by atoms with Gasteiger partial charge in [-0.15, -0.1) is 0 Å². The molecule has 7 heteroatoms. The average Bonchev–Trinajstić information content (AvgIpc) is 2.80. The molecule has 4 aromatic rings. The summed E-state index contributed by atoms with van der Waals surface area (Å²) in [6, 6.07) is 15.3. The molecule has 2 N–H and O–H groups in total. The van der Waals surface area contributed by atoms with E-state index in [1.165, 1.54) is 0 Å². The second kappa shape index (κ2) is 8.57. The van der Waals surface area contributed by atoms with E-state index in [0.717, 1.165) is 45.4 Å². The highest BCUT2D eigenvalue weighted by Crippen LogP contribution is 2.31. The monoisotopic (exact) mass is 399 g/mol. The first-order valence-corrected chi connectivity index (χ1v) is 9.49. The van der Waals surface area contributed by atoms with Crippen LogP contribution in [0.2, 0.25) is 0 Å². The Labute approximate surface area is 174 Å². The van der Waals surface area contributed by atoms with Gasteiger partial charge in [-0.05, 0) is 48.0 Å². The number of hydrogen-bond donors (Lipinski definition) is 2. The van der Waals surface area contributed by atoms with E-state index >= 15 is 0 Å². The van der Waals surface area contributed by atoms with Gasteiger partial charge in [-0.25, -0.2) is 9.97 Å². The molecule has 0 unspecified atom stereocenters. The summed E-state index contributed by atoms with van der Waals surface area (Å²) in [5, 5.41) is 7.37. The van der Waals surface area contributed by atoms with Crippen LogP contribution in [0.1, 0.15) is 5.56 Å².